The van der Waals surface area contributed by atoms with Crippen LogP contribution in [0.25, 0.3) is 0 Å². The molecule has 0 N–H and O–H groups in total. The molecule has 1 aliphatic rings. The number of carbonyl (C=O) groups is 2. The second kappa shape index (κ2) is 7.48. The first-order valence-electron chi connectivity index (χ1n) is 4.91. The van der Waals surface area contributed by atoms with Crippen molar-refractivity contribution in [3.63, 3.8) is 0 Å². The summed E-state index contributed by atoms with van der Waals surface area (Å²) in [6, 6.07) is 0. The van der Waals surface area contributed by atoms with Gasteiger partial charge in [-0.05, 0) is 6.08 Å². The summed E-state index contributed by atoms with van der Waals surface area (Å²) in [6.07, 6.45) is 2.84. The van der Waals surface area contributed by atoms with Crippen molar-refractivity contribution in [2.75, 3.05) is 37.7 Å². The number of ether oxygens (including phenoxy) is 1. The van der Waals surface area contributed by atoms with Crippen LogP contribution in [-0.4, -0.2) is 54.9 Å². The van der Waals surface area contributed by atoms with E-state index in [1.807, 2.05) is 11.8 Å². The van der Waals surface area contributed by atoms with E-state index in [2.05, 4.69) is 4.90 Å². The van der Waals surface area contributed by atoms with Crippen LogP contribution in [0, 0.1) is 0 Å². The van der Waals surface area contributed by atoms with Gasteiger partial charge in [0.15, 0.2) is 0 Å². The lowest BCUT2D eigenvalue weighted by atomic mass is 10.4. The van der Waals surface area contributed by atoms with E-state index in [1.54, 1.807) is 0 Å². The highest BCUT2D eigenvalue weighted by atomic mass is 32.2. The number of nitrogens with zero attached hydrogens (tertiary/aromatic N) is 1. The maximum atomic E-state index is 11.0. The molecule has 0 aliphatic carbocycles. The Balaban J connectivity index is 2.06. The van der Waals surface area contributed by atoms with Gasteiger partial charge in [0.2, 0.25) is 0 Å². The van der Waals surface area contributed by atoms with Crippen molar-refractivity contribution < 1.29 is 14.3 Å². The lowest BCUT2D eigenvalue weighted by Crippen LogP contribution is -2.35. The third kappa shape index (κ3) is 5.59. The molecular formula is C10H15NO3S. The van der Waals surface area contributed by atoms with Crippen LogP contribution >= 0.6 is 11.8 Å². The Kier molecular flexibility index (Phi) is 6.11. The molecule has 1 aliphatic heterocycles. The fourth-order valence-corrected chi connectivity index (χ4v) is 2.24. The number of esters is 1. The summed E-state index contributed by atoms with van der Waals surface area (Å²) in [4.78, 5) is 23.1. The number of aldehydes is 1. The Hall–Kier alpha value is -0.810. The van der Waals surface area contributed by atoms with Gasteiger partial charge in [-0.3, -0.25) is 9.69 Å². The van der Waals surface area contributed by atoms with Crippen LogP contribution in [0.3, 0.4) is 0 Å². The smallest absolute Gasteiger partial charge is 0.330 e. The highest BCUT2D eigenvalue weighted by Gasteiger charge is 2.09. The topological polar surface area (TPSA) is 46.6 Å². The van der Waals surface area contributed by atoms with Crippen LogP contribution < -0.4 is 0 Å². The maximum Gasteiger partial charge on any atom is 0.330 e. The van der Waals surface area contributed by atoms with Gasteiger partial charge >= 0.3 is 5.97 Å². The summed E-state index contributed by atoms with van der Waals surface area (Å²) >= 11 is 1.95. The Morgan fingerprint density at radius 1 is 1.40 bits per heavy atom. The molecule has 0 aromatic heterocycles. The highest BCUT2D eigenvalue weighted by Crippen LogP contribution is 2.08. The highest BCUT2D eigenvalue weighted by molar-refractivity contribution is 7.99. The van der Waals surface area contributed by atoms with Gasteiger partial charge in [0.05, 0.1) is 0 Å². The molecule has 4 nitrogen and oxygen atoms in total. The zero-order valence-electron chi connectivity index (χ0n) is 8.55. The summed E-state index contributed by atoms with van der Waals surface area (Å²) in [5, 5.41) is 0. The minimum atomic E-state index is -0.450. The van der Waals surface area contributed by atoms with Crippen LogP contribution in [0.5, 0.6) is 0 Å². The van der Waals surface area contributed by atoms with E-state index in [9.17, 15) is 9.59 Å². The number of allylic oxidation sites excluding steroid dienone is 1. The second-order valence-electron chi connectivity index (χ2n) is 3.12. The second-order valence-corrected chi connectivity index (χ2v) is 4.34. The molecule has 15 heavy (non-hydrogen) atoms. The first-order chi connectivity index (χ1) is 7.33. The third-order valence-corrected chi connectivity index (χ3v) is 3.01. The zero-order chi connectivity index (χ0) is 10.9. The average molecular weight is 229 g/mol. The summed E-state index contributed by atoms with van der Waals surface area (Å²) in [7, 11) is 0. The summed E-state index contributed by atoms with van der Waals surface area (Å²) in [5.74, 6) is 1.85. The Bertz CT molecular complexity index is 237. The Morgan fingerprint density at radius 3 is 2.80 bits per heavy atom. The molecule has 0 radical (unpaired) electrons. The van der Waals surface area contributed by atoms with E-state index >= 15 is 0 Å². The normalized spacial score (nSPS) is 17.9. The number of thioether (sulfide) groups is 1. The van der Waals surface area contributed by atoms with E-state index in [4.69, 9.17) is 4.74 Å². The minimum Gasteiger partial charge on any atom is -0.461 e. The van der Waals surface area contributed by atoms with Crippen molar-refractivity contribution in [3.8, 4) is 0 Å². The van der Waals surface area contributed by atoms with Gasteiger partial charge in [0, 0.05) is 37.2 Å². The van der Waals surface area contributed by atoms with Gasteiger partial charge in [-0.25, -0.2) is 4.79 Å². The zero-order valence-corrected chi connectivity index (χ0v) is 9.37. The van der Waals surface area contributed by atoms with Crippen molar-refractivity contribution in [3.05, 3.63) is 12.2 Å². The lowest BCUT2D eigenvalue weighted by molar-refractivity contribution is -0.138. The summed E-state index contributed by atoms with van der Waals surface area (Å²) in [6.45, 7) is 3.30. The van der Waals surface area contributed by atoms with Crippen LogP contribution in [0.15, 0.2) is 12.2 Å². The molecule has 5 heteroatoms. The molecule has 1 saturated heterocycles. The number of hydrogen-bond acceptors (Lipinski definition) is 5. The monoisotopic (exact) mass is 229 g/mol. The summed E-state index contributed by atoms with van der Waals surface area (Å²) in [5.41, 5.74) is 0. The fourth-order valence-electron chi connectivity index (χ4n) is 1.27. The lowest BCUT2D eigenvalue weighted by Gasteiger charge is -2.25. The molecule has 1 heterocycles. The van der Waals surface area contributed by atoms with Gasteiger partial charge in [-0.1, -0.05) is 0 Å². The standard InChI is InChI=1S/C10H15NO3S/c12-6-1-2-10(13)14-7-3-11-4-8-15-9-5-11/h1-2,6H,3-5,7-9H2. The van der Waals surface area contributed by atoms with Crippen molar-refractivity contribution >= 4 is 24.0 Å². The molecular weight excluding hydrogens is 214 g/mol. The molecule has 0 amide bonds. The van der Waals surface area contributed by atoms with E-state index in [1.165, 1.54) is 0 Å². The predicted molar refractivity (Wildman–Crippen MR) is 59.9 cm³/mol. The molecule has 0 unspecified atom stereocenters. The molecule has 0 saturated carbocycles. The Labute approximate surface area is 93.6 Å². The van der Waals surface area contributed by atoms with E-state index in [-0.39, 0.29) is 0 Å². The van der Waals surface area contributed by atoms with E-state index < -0.39 is 5.97 Å². The first kappa shape index (κ1) is 12.3. The molecule has 1 rings (SSSR count). The number of hydrogen-bond donors (Lipinski definition) is 0. The van der Waals surface area contributed by atoms with E-state index in [0.717, 1.165) is 43.3 Å². The van der Waals surface area contributed by atoms with Gasteiger partial charge in [-0.15, -0.1) is 0 Å². The van der Waals surface area contributed by atoms with Crippen LogP contribution in [-0.2, 0) is 14.3 Å². The number of rotatable bonds is 5. The first-order valence-corrected chi connectivity index (χ1v) is 6.07. The molecule has 0 spiro atoms. The molecule has 1 fully saturated rings. The van der Waals surface area contributed by atoms with Gasteiger partial charge < -0.3 is 4.74 Å². The van der Waals surface area contributed by atoms with Crippen LogP contribution in [0.2, 0.25) is 0 Å². The molecule has 84 valence electrons. The van der Waals surface area contributed by atoms with E-state index in [0.29, 0.717) is 12.9 Å². The quantitative estimate of drug-likeness (QED) is 0.386. The van der Waals surface area contributed by atoms with Crippen molar-refractivity contribution in [2.24, 2.45) is 0 Å². The van der Waals surface area contributed by atoms with Crippen molar-refractivity contribution in [2.45, 2.75) is 0 Å². The van der Waals surface area contributed by atoms with Gasteiger partial charge in [0.25, 0.3) is 0 Å². The average Bonchev–Trinajstić information content (AvgIpc) is 2.28. The summed E-state index contributed by atoms with van der Waals surface area (Å²) < 4.78 is 4.91. The maximum absolute atomic E-state index is 11.0. The Morgan fingerprint density at radius 2 is 2.13 bits per heavy atom. The fraction of sp³-hybridized carbons (Fsp3) is 0.600. The predicted octanol–water partition coefficient (Wildman–Crippen LogP) is 0.333. The minimum absolute atomic E-state index is 0.396. The van der Waals surface area contributed by atoms with Crippen molar-refractivity contribution in [1.82, 2.24) is 4.90 Å². The molecule has 0 aromatic rings. The number of carbonyl (C=O) groups excluding carboxylic acids is 2. The molecule has 0 bridgehead atoms. The largest absolute Gasteiger partial charge is 0.461 e. The van der Waals surface area contributed by atoms with Gasteiger partial charge in [-0.2, -0.15) is 11.8 Å². The van der Waals surface area contributed by atoms with Crippen molar-refractivity contribution in [1.29, 1.82) is 0 Å². The third-order valence-electron chi connectivity index (χ3n) is 2.07. The van der Waals surface area contributed by atoms with Crippen LogP contribution in [0.1, 0.15) is 0 Å². The van der Waals surface area contributed by atoms with Gasteiger partial charge in [0.1, 0.15) is 12.9 Å². The molecule has 0 aromatic carbocycles. The van der Waals surface area contributed by atoms with Crippen LogP contribution in [0.4, 0.5) is 0 Å². The SMILES string of the molecule is O=CC=CC(=O)OCCN1CCSCC1. The molecule has 0 atom stereocenters.